The maximum Gasteiger partial charge on any atom is 0.416 e. The highest BCUT2D eigenvalue weighted by Crippen LogP contribution is 2.30. The lowest BCUT2D eigenvalue weighted by molar-refractivity contribution is -0.137. The molecule has 0 aromatic heterocycles. The van der Waals surface area contributed by atoms with Gasteiger partial charge in [-0.1, -0.05) is 0 Å². The quantitative estimate of drug-likeness (QED) is 0.505. The number of nitrogens with zero attached hydrogens (tertiary/aromatic N) is 1. The van der Waals surface area contributed by atoms with Crippen molar-refractivity contribution in [3.8, 4) is 11.5 Å². The minimum Gasteiger partial charge on any atom is -0.497 e. The van der Waals surface area contributed by atoms with Crippen molar-refractivity contribution >= 4 is 11.6 Å². The van der Waals surface area contributed by atoms with Gasteiger partial charge in [0.25, 0.3) is 0 Å². The average Bonchev–Trinajstić information content (AvgIpc) is 2.65. The molecule has 27 heavy (non-hydrogen) atoms. The number of aliphatic hydroxyl groups excluding tert-OH is 1. The molecule has 0 bridgehead atoms. The minimum atomic E-state index is -4.40. The van der Waals surface area contributed by atoms with Crippen LogP contribution in [0.4, 0.5) is 18.9 Å². The van der Waals surface area contributed by atoms with E-state index in [-0.39, 0.29) is 24.9 Å². The predicted molar refractivity (Wildman–Crippen MR) is 96.1 cm³/mol. The minimum absolute atomic E-state index is 0.0321. The number of aliphatic hydroxyl groups is 1. The SMILES string of the molecule is COc1ccc(NC(N)=NCC(O)COc2ccc(C(F)(F)F)cc2)cc1. The van der Waals surface area contributed by atoms with Crippen molar-refractivity contribution in [1.82, 2.24) is 0 Å². The Morgan fingerprint density at radius 2 is 1.70 bits per heavy atom. The summed E-state index contributed by atoms with van der Waals surface area (Å²) in [7, 11) is 1.56. The fourth-order valence-electron chi connectivity index (χ4n) is 2.05. The van der Waals surface area contributed by atoms with Crippen molar-refractivity contribution in [2.45, 2.75) is 12.3 Å². The van der Waals surface area contributed by atoms with Crippen LogP contribution in [0.2, 0.25) is 0 Å². The van der Waals surface area contributed by atoms with E-state index in [1.807, 2.05) is 0 Å². The number of halogens is 3. The van der Waals surface area contributed by atoms with Crippen molar-refractivity contribution in [1.29, 1.82) is 0 Å². The molecule has 1 atom stereocenters. The van der Waals surface area contributed by atoms with Crippen LogP contribution in [-0.4, -0.2) is 37.4 Å². The van der Waals surface area contributed by atoms with Crippen LogP contribution in [0, 0.1) is 0 Å². The number of methoxy groups -OCH3 is 1. The van der Waals surface area contributed by atoms with Gasteiger partial charge in [-0.25, -0.2) is 0 Å². The third-order valence-electron chi connectivity index (χ3n) is 3.46. The van der Waals surface area contributed by atoms with Crippen molar-refractivity contribution in [3.05, 3.63) is 54.1 Å². The van der Waals surface area contributed by atoms with Crippen LogP contribution in [0.15, 0.2) is 53.5 Å². The maximum atomic E-state index is 12.5. The van der Waals surface area contributed by atoms with Gasteiger partial charge >= 0.3 is 6.18 Å². The normalized spacial score (nSPS) is 13.1. The zero-order chi connectivity index (χ0) is 19.9. The number of alkyl halides is 3. The summed E-state index contributed by atoms with van der Waals surface area (Å²) in [6, 6.07) is 11.2. The van der Waals surface area contributed by atoms with Crippen LogP contribution in [-0.2, 0) is 6.18 Å². The van der Waals surface area contributed by atoms with E-state index in [9.17, 15) is 18.3 Å². The zero-order valence-corrected chi connectivity index (χ0v) is 14.5. The first-order valence-corrected chi connectivity index (χ1v) is 7.97. The molecule has 0 amide bonds. The van der Waals surface area contributed by atoms with Gasteiger partial charge in [-0.3, -0.25) is 4.99 Å². The Labute approximate surface area is 154 Å². The van der Waals surface area contributed by atoms with E-state index in [0.717, 1.165) is 12.1 Å². The number of benzene rings is 2. The number of aliphatic imine (C=N–C) groups is 1. The summed E-state index contributed by atoms with van der Waals surface area (Å²) in [6.07, 6.45) is -5.37. The summed E-state index contributed by atoms with van der Waals surface area (Å²) in [6.45, 7) is -0.166. The molecule has 0 aliphatic rings. The maximum absolute atomic E-state index is 12.5. The van der Waals surface area contributed by atoms with Gasteiger partial charge in [-0.15, -0.1) is 0 Å². The van der Waals surface area contributed by atoms with Crippen molar-refractivity contribution in [2.75, 3.05) is 25.6 Å². The molecule has 1 unspecified atom stereocenters. The third kappa shape index (κ3) is 6.70. The van der Waals surface area contributed by atoms with Crippen molar-refractivity contribution < 1.29 is 27.8 Å². The molecule has 0 radical (unpaired) electrons. The molecule has 4 N–H and O–H groups in total. The molecule has 0 heterocycles. The molecule has 2 aromatic carbocycles. The van der Waals surface area contributed by atoms with Crippen LogP contribution in [0.5, 0.6) is 11.5 Å². The van der Waals surface area contributed by atoms with Gasteiger partial charge in [0, 0.05) is 5.69 Å². The average molecular weight is 383 g/mol. The molecule has 2 aromatic rings. The number of nitrogens with one attached hydrogen (secondary N) is 1. The molecule has 0 aliphatic carbocycles. The molecule has 0 saturated heterocycles. The van der Waals surface area contributed by atoms with E-state index >= 15 is 0 Å². The second-order valence-electron chi connectivity index (χ2n) is 5.57. The summed E-state index contributed by atoms with van der Waals surface area (Å²) in [5, 5.41) is 12.7. The summed E-state index contributed by atoms with van der Waals surface area (Å²) < 4.78 is 47.8. The van der Waals surface area contributed by atoms with Crippen LogP contribution in [0.25, 0.3) is 0 Å². The first kappa shape index (κ1) is 20.4. The standard InChI is InChI=1S/C18H20F3N3O3/c1-26-15-8-4-13(5-9-15)24-17(22)23-10-14(25)11-27-16-6-2-12(3-7-16)18(19,20)21/h2-9,14,25H,10-11H2,1H3,(H3,22,23,24). The Morgan fingerprint density at radius 3 is 2.26 bits per heavy atom. The topological polar surface area (TPSA) is 89.1 Å². The van der Waals surface area contributed by atoms with E-state index < -0.39 is 17.8 Å². The lowest BCUT2D eigenvalue weighted by atomic mass is 10.2. The number of hydrogen-bond donors (Lipinski definition) is 3. The Balaban J connectivity index is 1.78. The lowest BCUT2D eigenvalue weighted by Crippen LogP contribution is -2.27. The largest absolute Gasteiger partial charge is 0.497 e. The molecule has 0 spiro atoms. The summed E-state index contributed by atoms with van der Waals surface area (Å²) in [5.74, 6) is 1.02. The van der Waals surface area contributed by atoms with Gasteiger partial charge in [0.1, 0.15) is 24.2 Å². The van der Waals surface area contributed by atoms with Crippen LogP contribution in [0.3, 0.4) is 0 Å². The summed E-state index contributed by atoms with van der Waals surface area (Å²) >= 11 is 0. The number of ether oxygens (including phenoxy) is 2. The molecular formula is C18H20F3N3O3. The number of rotatable bonds is 7. The van der Waals surface area contributed by atoms with E-state index in [4.69, 9.17) is 15.2 Å². The van der Waals surface area contributed by atoms with Gasteiger partial charge in [0.15, 0.2) is 5.96 Å². The van der Waals surface area contributed by atoms with Crippen LogP contribution < -0.4 is 20.5 Å². The molecule has 2 rings (SSSR count). The fourth-order valence-corrected chi connectivity index (χ4v) is 2.05. The Kier molecular flexibility index (Phi) is 6.89. The number of hydrogen-bond acceptors (Lipinski definition) is 4. The highest BCUT2D eigenvalue weighted by atomic mass is 19.4. The Bertz CT molecular complexity index is 747. The first-order valence-electron chi connectivity index (χ1n) is 7.97. The highest BCUT2D eigenvalue weighted by Gasteiger charge is 2.30. The van der Waals surface area contributed by atoms with Crippen LogP contribution >= 0.6 is 0 Å². The zero-order valence-electron chi connectivity index (χ0n) is 14.5. The molecule has 146 valence electrons. The van der Waals surface area contributed by atoms with Crippen molar-refractivity contribution in [2.24, 2.45) is 10.7 Å². The Morgan fingerprint density at radius 1 is 1.11 bits per heavy atom. The van der Waals surface area contributed by atoms with Gasteiger partial charge in [-0.05, 0) is 48.5 Å². The van der Waals surface area contributed by atoms with Crippen LogP contribution in [0.1, 0.15) is 5.56 Å². The van der Waals surface area contributed by atoms with Crippen molar-refractivity contribution in [3.63, 3.8) is 0 Å². The van der Waals surface area contributed by atoms with E-state index in [1.54, 1.807) is 31.4 Å². The summed E-state index contributed by atoms with van der Waals surface area (Å²) in [5.41, 5.74) is 5.67. The molecular weight excluding hydrogens is 363 g/mol. The third-order valence-corrected chi connectivity index (χ3v) is 3.46. The molecule has 0 aliphatic heterocycles. The number of guanidine groups is 1. The summed E-state index contributed by atoms with van der Waals surface area (Å²) in [4.78, 5) is 3.99. The Hall–Kier alpha value is -2.94. The highest BCUT2D eigenvalue weighted by molar-refractivity contribution is 5.92. The number of anilines is 1. The molecule has 0 saturated carbocycles. The fraction of sp³-hybridized carbons (Fsp3) is 0.278. The van der Waals surface area contributed by atoms with Gasteiger partial charge in [-0.2, -0.15) is 13.2 Å². The predicted octanol–water partition coefficient (Wildman–Crippen LogP) is 2.88. The molecule has 6 nitrogen and oxygen atoms in total. The van der Waals surface area contributed by atoms with E-state index in [2.05, 4.69) is 10.3 Å². The molecule has 0 fully saturated rings. The first-order chi connectivity index (χ1) is 12.8. The number of nitrogens with two attached hydrogens (primary N) is 1. The van der Waals surface area contributed by atoms with E-state index in [1.165, 1.54) is 12.1 Å². The van der Waals surface area contributed by atoms with E-state index in [0.29, 0.717) is 11.4 Å². The van der Waals surface area contributed by atoms with Gasteiger partial charge in [0.2, 0.25) is 0 Å². The van der Waals surface area contributed by atoms with Gasteiger partial charge < -0.3 is 25.6 Å². The molecule has 9 heteroatoms. The monoisotopic (exact) mass is 383 g/mol. The smallest absolute Gasteiger partial charge is 0.416 e. The second-order valence-corrected chi connectivity index (χ2v) is 5.57. The lowest BCUT2D eigenvalue weighted by Gasteiger charge is -2.12. The second kappa shape index (κ2) is 9.13. The van der Waals surface area contributed by atoms with Gasteiger partial charge in [0.05, 0.1) is 19.2 Å².